The summed E-state index contributed by atoms with van der Waals surface area (Å²) >= 11 is 0. The highest BCUT2D eigenvalue weighted by Gasteiger charge is 2.91. The van der Waals surface area contributed by atoms with Crippen LogP contribution in [0.2, 0.25) is 0 Å². The van der Waals surface area contributed by atoms with Crippen molar-refractivity contribution in [3.05, 3.63) is 29.8 Å². The van der Waals surface area contributed by atoms with E-state index in [-0.39, 0.29) is 16.9 Å². The summed E-state index contributed by atoms with van der Waals surface area (Å²) < 4.78 is 29.4. The zero-order valence-corrected chi connectivity index (χ0v) is 17.4. The zero-order valence-electron chi connectivity index (χ0n) is 17.4. The van der Waals surface area contributed by atoms with Crippen molar-refractivity contribution < 1.29 is 28.4 Å². The van der Waals surface area contributed by atoms with Gasteiger partial charge in [-0.2, -0.15) is 0 Å². The maximum atomic E-state index is 14.7. The van der Waals surface area contributed by atoms with Gasteiger partial charge in [-0.15, -0.1) is 0 Å². The summed E-state index contributed by atoms with van der Waals surface area (Å²) in [7, 11) is -1.70. The lowest BCUT2D eigenvalue weighted by Gasteiger charge is -2.42. The molecule has 1 unspecified atom stereocenters. The van der Waals surface area contributed by atoms with E-state index in [0.717, 1.165) is 6.42 Å². The maximum absolute atomic E-state index is 14.7. The number of alkyl halides is 2. The molecule has 2 aliphatic carbocycles. The third kappa shape index (κ3) is 2.79. The molecular formula is C22H27BF2N2O4. The van der Waals surface area contributed by atoms with E-state index >= 15 is 0 Å². The van der Waals surface area contributed by atoms with Gasteiger partial charge in [0.1, 0.15) is 0 Å². The summed E-state index contributed by atoms with van der Waals surface area (Å²) in [5.41, 5.74) is -1.26. The molecule has 6 nitrogen and oxygen atoms in total. The first-order valence-electron chi connectivity index (χ1n) is 11.2. The molecule has 1 aromatic carbocycles. The van der Waals surface area contributed by atoms with Gasteiger partial charge >= 0.3 is 7.12 Å². The Morgan fingerprint density at radius 2 is 1.71 bits per heavy atom. The number of nitrogens with zero attached hydrogens (tertiary/aromatic N) is 2. The van der Waals surface area contributed by atoms with E-state index in [4.69, 9.17) is 0 Å². The third-order valence-electron chi connectivity index (χ3n) is 8.44. The van der Waals surface area contributed by atoms with Crippen molar-refractivity contribution in [2.45, 2.75) is 56.9 Å². The Hall–Kier alpha value is -1.84. The van der Waals surface area contributed by atoms with Crippen LogP contribution < -0.4 is 5.46 Å². The van der Waals surface area contributed by atoms with E-state index in [9.17, 15) is 28.4 Å². The quantitative estimate of drug-likeness (QED) is 0.558. The van der Waals surface area contributed by atoms with Crippen molar-refractivity contribution in [3.63, 3.8) is 0 Å². The fourth-order valence-electron chi connectivity index (χ4n) is 6.46. The van der Waals surface area contributed by atoms with Gasteiger partial charge in [0.2, 0.25) is 5.91 Å². The number of likely N-dealkylation sites (tertiary alicyclic amines) is 2. The minimum atomic E-state index is -2.58. The number of carbonyl (C=O) groups excluding carboxylic acids is 2. The minimum absolute atomic E-state index is 0.184. The number of piperidine rings is 2. The van der Waals surface area contributed by atoms with Crippen molar-refractivity contribution in [2.24, 2.45) is 10.8 Å². The SMILES string of the molecule is O=C(c1cccc(B(O)O)c1)N1CCCC(N2CCC3(CC2)C(F)(F)C32CCC2)C1=O. The molecule has 2 N–H and O–H groups in total. The molecule has 1 aromatic rings. The topological polar surface area (TPSA) is 81.1 Å². The normalized spacial score (nSPS) is 28.5. The van der Waals surface area contributed by atoms with Crippen molar-refractivity contribution in [3.8, 4) is 0 Å². The first-order chi connectivity index (χ1) is 14.7. The number of imide groups is 1. The summed E-state index contributed by atoms with van der Waals surface area (Å²) in [4.78, 5) is 29.4. The third-order valence-corrected chi connectivity index (χ3v) is 8.44. The first-order valence-corrected chi connectivity index (χ1v) is 11.2. The number of carbonyl (C=O) groups is 2. The Morgan fingerprint density at radius 1 is 1.03 bits per heavy atom. The van der Waals surface area contributed by atoms with Gasteiger partial charge in [0, 0.05) is 22.9 Å². The number of amides is 2. The zero-order chi connectivity index (χ0) is 22.0. The van der Waals surface area contributed by atoms with Crippen LogP contribution in [0.3, 0.4) is 0 Å². The number of hydrogen-bond acceptors (Lipinski definition) is 5. The van der Waals surface area contributed by atoms with Gasteiger partial charge in [0.25, 0.3) is 11.8 Å². The highest BCUT2D eigenvalue weighted by atomic mass is 19.3. The van der Waals surface area contributed by atoms with Crippen LogP contribution in [0, 0.1) is 10.8 Å². The van der Waals surface area contributed by atoms with Crippen LogP contribution in [0.4, 0.5) is 8.78 Å². The standard InChI is InChI=1S/C22H27BF2N2O4/c24-22(25)20(7-3-8-20)21(22)9-12-26(13-10-21)17-6-2-11-27(19(17)29)18(28)15-4-1-5-16(14-15)23(30)31/h1,4-5,14,17,30-31H,2-3,6-13H2. The Kier molecular flexibility index (Phi) is 4.81. The van der Waals surface area contributed by atoms with Crippen LogP contribution in [0.15, 0.2) is 24.3 Å². The molecule has 1 atom stereocenters. The molecule has 166 valence electrons. The predicted molar refractivity (Wildman–Crippen MR) is 110 cm³/mol. The molecule has 0 aromatic heterocycles. The van der Waals surface area contributed by atoms with Crippen LogP contribution in [0.25, 0.3) is 0 Å². The Bertz CT molecular complexity index is 913. The van der Waals surface area contributed by atoms with Gasteiger partial charge in [-0.1, -0.05) is 18.6 Å². The summed E-state index contributed by atoms with van der Waals surface area (Å²) in [6, 6.07) is 5.50. The largest absolute Gasteiger partial charge is 0.488 e. The summed E-state index contributed by atoms with van der Waals surface area (Å²) in [6.45, 7) is 1.23. The average molecular weight is 432 g/mol. The number of fused-ring (bicyclic) bond motifs is 1. The fraction of sp³-hybridized carbons (Fsp3) is 0.636. The van der Waals surface area contributed by atoms with Gasteiger partial charge in [-0.05, 0) is 69.2 Å². The van der Waals surface area contributed by atoms with Gasteiger partial charge < -0.3 is 10.0 Å². The van der Waals surface area contributed by atoms with Crippen molar-refractivity contribution in [1.29, 1.82) is 0 Å². The Labute approximate surface area is 180 Å². The second-order valence-electron chi connectivity index (χ2n) is 9.58. The molecule has 2 saturated carbocycles. The van der Waals surface area contributed by atoms with Gasteiger partial charge in [0.05, 0.1) is 6.04 Å². The molecule has 31 heavy (non-hydrogen) atoms. The molecule has 9 heteroatoms. The lowest BCUT2D eigenvalue weighted by Crippen LogP contribution is -2.56. The van der Waals surface area contributed by atoms with Gasteiger partial charge in [-0.25, -0.2) is 8.78 Å². The lowest BCUT2D eigenvalue weighted by atomic mass is 9.71. The molecule has 2 heterocycles. The number of benzene rings is 1. The molecule has 2 amide bonds. The number of halogens is 2. The second kappa shape index (κ2) is 7.08. The van der Waals surface area contributed by atoms with Gasteiger partial charge in [0.15, 0.2) is 0 Å². The second-order valence-corrected chi connectivity index (χ2v) is 9.58. The highest BCUT2D eigenvalue weighted by molar-refractivity contribution is 6.58. The molecule has 0 bridgehead atoms. The summed E-state index contributed by atoms with van der Waals surface area (Å²) in [5.74, 6) is -3.33. The van der Waals surface area contributed by atoms with Crippen LogP contribution >= 0.6 is 0 Å². The van der Waals surface area contributed by atoms with Crippen molar-refractivity contribution in [2.75, 3.05) is 19.6 Å². The van der Waals surface area contributed by atoms with Crippen LogP contribution in [0.1, 0.15) is 55.3 Å². The minimum Gasteiger partial charge on any atom is -0.423 e. The van der Waals surface area contributed by atoms with E-state index in [1.165, 1.54) is 17.0 Å². The monoisotopic (exact) mass is 432 g/mol. The molecule has 5 rings (SSSR count). The number of rotatable bonds is 3. The van der Waals surface area contributed by atoms with Crippen LogP contribution in [0.5, 0.6) is 0 Å². The van der Waals surface area contributed by atoms with E-state index in [1.807, 2.05) is 4.90 Å². The van der Waals surface area contributed by atoms with E-state index in [0.29, 0.717) is 58.2 Å². The van der Waals surface area contributed by atoms with E-state index < -0.39 is 35.8 Å². The Balaban J connectivity index is 1.27. The molecular weight excluding hydrogens is 405 g/mol. The fourth-order valence-corrected chi connectivity index (χ4v) is 6.46. The smallest absolute Gasteiger partial charge is 0.423 e. The molecule has 4 aliphatic rings. The summed E-state index contributed by atoms with van der Waals surface area (Å²) in [6.07, 6.45) is 4.22. The molecule has 0 radical (unpaired) electrons. The summed E-state index contributed by atoms with van der Waals surface area (Å²) in [5, 5.41) is 18.7. The first kappa shape index (κ1) is 21.0. The molecule has 4 fully saturated rings. The van der Waals surface area contributed by atoms with E-state index in [2.05, 4.69) is 0 Å². The number of hydrogen-bond donors (Lipinski definition) is 2. The predicted octanol–water partition coefficient (Wildman–Crippen LogP) is 1.40. The van der Waals surface area contributed by atoms with Crippen molar-refractivity contribution >= 4 is 24.4 Å². The van der Waals surface area contributed by atoms with Crippen molar-refractivity contribution in [1.82, 2.24) is 9.80 Å². The molecule has 2 spiro atoms. The Morgan fingerprint density at radius 3 is 2.29 bits per heavy atom. The average Bonchev–Trinajstić information content (AvgIpc) is 3.17. The van der Waals surface area contributed by atoms with Crippen LogP contribution in [-0.4, -0.2) is 70.4 Å². The lowest BCUT2D eigenvalue weighted by molar-refractivity contribution is -0.138. The maximum Gasteiger partial charge on any atom is 0.488 e. The molecule has 2 aliphatic heterocycles. The van der Waals surface area contributed by atoms with E-state index in [1.54, 1.807) is 12.1 Å². The molecule has 2 saturated heterocycles. The van der Waals surface area contributed by atoms with Crippen LogP contribution in [-0.2, 0) is 4.79 Å². The van der Waals surface area contributed by atoms with Gasteiger partial charge in [-0.3, -0.25) is 19.4 Å². The highest BCUT2D eigenvalue weighted by Crippen LogP contribution is 2.85.